The first kappa shape index (κ1) is 122. The number of carbonyl (C=O) groups is 9. The molecule has 0 spiro atoms. The van der Waals surface area contributed by atoms with Crippen molar-refractivity contribution in [2.75, 3.05) is 112 Å². The van der Waals surface area contributed by atoms with Crippen LogP contribution in [-0.2, 0) is 89.3 Å². The number of esters is 4. The van der Waals surface area contributed by atoms with Crippen LogP contribution in [-0.4, -0.2) is 217 Å². The maximum absolute atomic E-state index is 13.2. The van der Waals surface area contributed by atoms with Gasteiger partial charge in [-0.25, -0.2) is 9.13 Å². The zero-order valence-corrected chi connectivity index (χ0v) is 81.9. The molecule has 7 N–H and O–H groups in total. The number of carbonyl (C=O) groups excluding carboxylic acids is 6. The predicted octanol–water partition coefficient (Wildman–Crippen LogP) is 21.6. The fourth-order valence-electron chi connectivity index (χ4n) is 15.3. The van der Waals surface area contributed by atoms with Crippen molar-refractivity contribution in [3.05, 3.63) is 0 Å². The lowest BCUT2D eigenvalue weighted by atomic mass is 10.0. The van der Waals surface area contributed by atoms with Crippen molar-refractivity contribution >= 4 is 69.2 Å². The standard InChI is InChI=1S/C96H183N5O24P2/c1-5-9-13-17-21-25-29-33-37-41-45-49-53-57-61-65-93(110)118-82-86(124-95(112)67-63-59-55-51-47-43-39-35-31-27-23-19-15-11-7-3)84-122-126(114,115)120-75-69-97-88(102)77-100(80-91(106)107)73-71-99(79-90(104)105)72-74-101(81-92(108)109)78-89(103)98-70-76-121-127(116,117)123-85-87(125-96(113)68-64-60-56-52-48-44-40-36-32-28-24-20-16-12-8-4)83-119-94(111)66-62-58-54-50-46-42-38-34-30-26-22-18-14-10-6-2/h86-87H,5-85H2,1-4H3,(H,97,102)(H,98,103)(H,104,105)(H,106,107)(H,108,109)(H,114,115)(H,116,117)/t86-,87-/m1/s1. The summed E-state index contributed by atoms with van der Waals surface area (Å²) in [7, 11) is -9.76. The topological polar surface area (TPSA) is 397 Å². The first-order valence-corrected chi connectivity index (χ1v) is 53.7. The van der Waals surface area contributed by atoms with E-state index in [-0.39, 0.29) is 65.0 Å². The number of hydrogen-bond donors (Lipinski definition) is 7. The lowest BCUT2D eigenvalue weighted by Gasteiger charge is -2.28. The van der Waals surface area contributed by atoms with E-state index in [0.717, 1.165) is 103 Å². The van der Waals surface area contributed by atoms with E-state index in [1.807, 2.05) is 0 Å². The zero-order valence-electron chi connectivity index (χ0n) is 80.2. The quantitative estimate of drug-likeness (QED) is 0.0129. The second-order valence-electron chi connectivity index (χ2n) is 35.2. The highest BCUT2D eigenvalue weighted by atomic mass is 31.2. The summed E-state index contributed by atoms with van der Waals surface area (Å²) < 4.78 is 69.2. The van der Waals surface area contributed by atoms with E-state index in [0.29, 0.717) is 25.7 Å². The van der Waals surface area contributed by atoms with Crippen LogP contribution in [0, 0.1) is 0 Å². The van der Waals surface area contributed by atoms with Gasteiger partial charge < -0.3 is 54.7 Å². The van der Waals surface area contributed by atoms with E-state index in [4.69, 9.17) is 37.0 Å². The van der Waals surface area contributed by atoms with Crippen LogP contribution in [0.25, 0.3) is 0 Å². The molecule has 2 amide bonds. The fourth-order valence-corrected chi connectivity index (χ4v) is 16.8. The Morgan fingerprint density at radius 1 is 0.260 bits per heavy atom. The van der Waals surface area contributed by atoms with E-state index < -0.39 is 154 Å². The van der Waals surface area contributed by atoms with Gasteiger partial charge >= 0.3 is 57.4 Å². The van der Waals surface area contributed by atoms with Gasteiger partial charge in [0.05, 0.1) is 59.2 Å². The monoisotopic (exact) mass is 1850 g/mol. The summed E-state index contributed by atoms with van der Waals surface area (Å²) in [5.41, 5.74) is 0. The van der Waals surface area contributed by atoms with Crippen LogP contribution in [0.5, 0.6) is 0 Å². The van der Waals surface area contributed by atoms with E-state index in [9.17, 15) is 77.4 Å². The third-order valence-corrected chi connectivity index (χ3v) is 24.8. The van der Waals surface area contributed by atoms with Gasteiger partial charge in [-0.3, -0.25) is 75.9 Å². The molecule has 0 aliphatic heterocycles. The third-order valence-electron chi connectivity index (χ3n) is 22.9. The maximum atomic E-state index is 13.2. The van der Waals surface area contributed by atoms with Gasteiger partial charge in [-0.15, -0.1) is 0 Å². The van der Waals surface area contributed by atoms with Crippen LogP contribution in [0.2, 0.25) is 0 Å². The van der Waals surface area contributed by atoms with Gasteiger partial charge in [-0.05, 0) is 25.7 Å². The molecule has 31 heteroatoms. The van der Waals surface area contributed by atoms with Crippen molar-refractivity contribution in [2.24, 2.45) is 0 Å². The maximum Gasteiger partial charge on any atom is 0.472 e. The summed E-state index contributed by atoms with van der Waals surface area (Å²) in [4.78, 5) is 139. The van der Waals surface area contributed by atoms with Crippen LogP contribution in [0.4, 0.5) is 0 Å². The number of carboxylic acids is 3. The number of rotatable bonds is 100. The van der Waals surface area contributed by atoms with Crippen LogP contribution in [0.3, 0.4) is 0 Å². The molecule has 0 bridgehead atoms. The van der Waals surface area contributed by atoms with Crippen LogP contribution < -0.4 is 10.6 Å². The Hall–Kier alpha value is -4.67. The van der Waals surface area contributed by atoms with Gasteiger partial charge in [0.2, 0.25) is 11.8 Å². The van der Waals surface area contributed by atoms with Gasteiger partial charge in [-0.2, -0.15) is 0 Å². The molecule has 127 heavy (non-hydrogen) atoms. The second kappa shape index (κ2) is 89.2. The number of ether oxygens (including phenoxy) is 4. The summed E-state index contributed by atoms with van der Waals surface area (Å²) in [5, 5.41) is 34.3. The number of carboxylic acid groups (broad SMARTS) is 3. The number of hydrogen-bond acceptors (Lipinski definition) is 22. The summed E-state index contributed by atoms with van der Waals surface area (Å²) in [6.07, 6.45) is 68.0. The van der Waals surface area contributed by atoms with Crippen molar-refractivity contribution in [1.29, 1.82) is 0 Å². The molecule has 4 atom stereocenters. The molecule has 29 nitrogen and oxygen atoms in total. The van der Waals surface area contributed by atoms with Gasteiger partial charge in [0, 0.05) is 65.0 Å². The smallest absolute Gasteiger partial charge is 0.472 e. The Balaban J connectivity index is 5.50. The highest BCUT2D eigenvalue weighted by Crippen LogP contribution is 2.44. The SMILES string of the molecule is CCCCCCCCCCCCCCCCCC(=O)OC[C@H](COP(=O)(O)OCCNC(=O)CN(CCN(CCN(CC(=O)O)CC(=O)NCCOP(=O)(O)OC[C@@H](COC(=O)CCCCCCCCCCCCCCCCC)OC(=O)CCCCCCCCCCCCCCCCC)CC(=O)O)CC(=O)O)OC(=O)CCCCCCCCCCCCCCCCC. The molecule has 0 radical (unpaired) electrons. The summed E-state index contributed by atoms with van der Waals surface area (Å²) in [6, 6.07) is 0. The minimum absolute atomic E-state index is 0.0873. The molecule has 0 saturated heterocycles. The average Bonchev–Trinajstić information content (AvgIpc) is 0.954. The van der Waals surface area contributed by atoms with Crippen molar-refractivity contribution < 1.29 is 114 Å². The molecular weight excluding hydrogens is 1670 g/mol. The molecule has 0 aromatic carbocycles. The largest absolute Gasteiger partial charge is 0.480 e. The highest BCUT2D eigenvalue weighted by Gasteiger charge is 2.29. The van der Waals surface area contributed by atoms with Gasteiger partial charge in [0.15, 0.2) is 12.2 Å². The Morgan fingerprint density at radius 2 is 0.457 bits per heavy atom. The van der Waals surface area contributed by atoms with Crippen molar-refractivity contribution in [1.82, 2.24) is 25.3 Å². The summed E-state index contributed by atoms with van der Waals surface area (Å²) in [6.45, 7) is 1.18. The highest BCUT2D eigenvalue weighted by molar-refractivity contribution is 7.47. The van der Waals surface area contributed by atoms with E-state index >= 15 is 0 Å². The molecule has 0 aromatic rings. The molecule has 0 rings (SSSR count). The number of nitrogens with one attached hydrogen (secondary N) is 2. The first-order valence-electron chi connectivity index (χ1n) is 50.7. The third kappa shape index (κ3) is 89.0. The molecule has 0 aromatic heterocycles. The Bertz CT molecular complexity index is 2610. The molecular formula is C96H183N5O24P2. The van der Waals surface area contributed by atoms with Crippen LogP contribution in [0.1, 0.15) is 439 Å². The lowest BCUT2D eigenvalue weighted by Crippen LogP contribution is -2.47. The van der Waals surface area contributed by atoms with Crippen LogP contribution >= 0.6 is 15.6 Å². The summed E-state index contributed by atoms with van der Waals surface area (Å²) in [5.74, 6) is -7.61. The predicted molar refractivity (Wildman–Crippen MR) is 502 cm³/mol. The molecule has 2 unspecified atom stereocenters. The normalized spacial score (nSPS) is 13.0. The van der Waals surface area contributed by atoms with Crippen LogP contribution in [0.15, 0.2) is 0 Å². The number of aliphatic carboxylic acids is 3. The van der Waals surface area contributed by atoms with Crippen molar-refractivity contribution in [3.8, 4) is 0 Å². The zero-order chi connectivity index (χ0) is 93.4. The van der Waals surface area contributed by atoms with Gasteiger partial charge in [-0.1, -0.05) is 387 Å². The Labute approximate surface area is 767 Å². The molecule has 0 saturated carbocycles. The number of amides is 2. The van der Waals surface area contributed by atoms with Gasteiger partial charge in [0.1, 0.15) is 13.2 Å². The lowest BCUT2D eigenvalue weighted by molar-refractivity contribution is -0.161. The molecule has 0 aliphatic carbocycles. The van der Waals surface area contributed by atoms with Crippen molar-refractivity contribution in [2.45, 2.75) is 451 Å². The number of nitrogens with zero attached hydrogens (tertiary/aromatic N) is 3. The van der Waals surface area contributed by atoms with E-state index in [2.05, 4.69) is 38.3 Å². The molecule has 0 heterocycles. The fraction of sp³-hybridized carbons (Fsp3) is 0.906. The van der Waals surface area contributed by atoms with E-state index in [1.54, 1.807) is 0 Å². The summed E-state index contributed by atoms with van der Waals surface area (Å²) >= 11 is 0. The minimum atomic E-state index is -4.88. The molecule has 746 valence electrons. The molecule has 0 aliphatic rings. The number of phosphoric ester groups is 2. The average molecular weight is 1850 g/mol. The Morgan fingerprint density at radius 3 is 0.677 bits per heavy atom. The molecule has 0 fully saturated rings. The Kier molecular flexibility index (Phi) is 85.9. The van der Waals surface area contributed by atoms with Crippen molar-refractivity contribution in [3.63, 3.8) is 0 Å². The minimum Gasteiger partial charge on any atom is -0.480 e. The van der Waals surface area contributed by atoms with E-state index in [1.165, 1.54) is 272 Å². The number of phosphoric acid groups is 2. The van der Waals surface area contributed by atoms with Gasteiger partial charge in [0.25, 0.3) is 0 Å². The second-order valence-corrected chi connectivity index (χ2v) is 38.1. The first-order chi connectivity index (χ1) is 61.4. The number of unbranched alkanes of at least 4 members (excludes halogenated alkanes) is 56.